The second kappa shape index (κ2) is 10.4. The average Bonchev–Trinajstić information content (AvgIpc) is 2.25. The Hall–Kier alpha value is -0.0800. The van der Waals surface area contributed by atoms with Gasteiger partial charge in [-0.2, -0.15) is 0 Å². The molecule has 2 unspecified atom stereocenters. The van der Waals surface area contributed by atoms with Gasteiger partial charge in [0.2, 0.25) is 0 Å². The first kappa shape index (κ1) is 14.9. The zero-order valence-corrected chi connectivity index (χ0v) is 10.9. The van der Waals surface area contributed by atoms with Gasteiger partial charge in [-0.15, -0.1) is 0 Å². The highest BCUT2D eigenvalue weighted by Gasteiger charge is 2.05. The molecule has 92 valence electrons. The summed E-state index contributed by atoms with van der Waals surface area (Å²) in [7, 11) is 0. The molecular formula is C13H30N2. The highest BCUT2D eigenvalue weighted by molar-refractivity contribution is 4.66. The van der Waals surface area contributed by atoms with E-state index >= 15 is 0 Å². The summed E-state index contributed by atoms with van der Waals surface area (Å²) in [4.78, 5) is 0. The van der Waals surface area contributed by atoms with Crippen LogP contribution in [0.3, 0.4) is 0 Å². The highest BCUT2D eigenvalue weighted by atomic mass is 14.9. The second-order valence-electron chi connectivity index (χ2n) is 4.67. The monoisotopic (exact) mass is 214 g/mol. The molecule has 0 aromatic carbocycles. The van der Waals surface area contributed by atoms with Crippen molar-refractivity contribution < 1.29 is 0 Å². The Kier molecular flexibility index (Phi) is 10.4. The van der Waals surface area contributed by atoms with Crippen molar-refractivity contribution in [3.05, 3.63) is 0 Å². The Morgan fingerprint density at radius 1 is 1.13 bits per heavy atom. The van der Waals surface area contributed by atoms with Gasteiger partial charge < -0.3 is 11.1 Å². The Bertz CT molecular complexity index is 126. The van der Waals surface area contributed by atoms with Crippen LogP contribution in [0.4, 0.5) is 0 Å². The molecule has 0 aromatic rings. The van der Waals surface area contributed by atoms with Crippen LogP contribution in [0, 0.1) is 5.92 Å². The van der Waals surface area contributed by atoms with Crippen LogP contribution < -0.4 is 11.1 Å². The van der Waals surface area contributed by atoms with Crippen LogP contribution in [0.5, 0.6) is 0 Å². The maximum atomic E-state index is 5.56. The molecule has 0 heterocycles. The summed E-state index contributed by atoms with van der Waals surface area (Å²) in [5, 5.41) is 3.60. The minimum Gasteiger partial charge on any atom is -0.330 e. The minimum atomic E-state index is 0.633. The van der Waals surface area contributed by atoms with Crippen molar-refractivity contribution in [2.45, 2.75) is 65.3 Å². The fourth-order valence-electron chi connectivity index (χ4n) is 1.88. The Balaban J connectivity index is 3.41. The van der Waals surface area contributed by atoms with Gasteiger partial charge in [-0.05, 0) is 38.3 Å². The lowest BCUT2D eigenvalue weighted by atomic mass is 10.0. The lowest BCUT2D eigenvalue weighted by Gasteiger charge is -2.17. The normalized spacial score (nSPS) is 15.2. The van der Waals surface area contributed by atoms with Crippen LogP contribution in [0.15, 0.2) is 0 Å². The summed E-state index contributed by atoms with van der Waals surface area (Å²) in [6.45, 7) is 8.81. The first-order valence-corrected chi connectivity index (χ1v) is 6.68. The molecule has 0 aliphatic carbocycles. The summed E-state index contributed by atoms with van der Waals surface area (Å²) >= 11 is 0. The number of rotatable bonds is 10. The van der Waals surface area contributed by atoms with E-state index in [0.717, 1.165) is 25.4 Å². The van der Waals surface area contributed by atoms with E-state index in [1.807, 2.05) is 0 Å². The number of nitrogens with two attached hydrogens (primary N) is 1. The molecule has 2 atom stereocenters. The third-order valence-corrected chi connectivity index (χ3v) is 3.13. The molecule has 0 bridgehead atoms. The van der Waals surface area contributed by atoms with Crippen LogP contribution in [-0.4, -0.2) is 19.1 Å². The van der Waals surface area contributed by atoms with E-state index in [0.29, 0.717) is 6.04 Å². The fraction of sp³-hybridized carbons (Fsp3) is 1.00. The Labute approximate surface area is 96.0 Å². The molecule has 0 amide bonds. The number of hydrogen-bond acceptors (Lipinski definition) is 2. The smallest absolute Gasteiger partial charge is 0.00764 e. The zero-order valence-electron chi connectivity index (χ0n) is 10.9. The van der Waals surface area contributed by atoms with Gasteiger partial charge in [-0.1, -0.05) is 40.0 Å². The van der Waals surface area contributed by atoms with Gasteiger partial charge in [-0.3, -0.25) is 0 Å². The second-order valence-corrected chi connectivity index (χ2v) is 4.67. The third-order valence-electron chi connectivity index (χ3n) is 3.13. The summed E-state index contributed by atoms with van der Waals surface area (Å²) < 4.78 is 0. The highest BCUT2D eigenvalue weighted by Crippen LogP contribution is 2.11. The van der Waals surface area contributed by atoms with E-state index in [-0.39, 0.29) is 0 Å². The molecule has 2 nitrogen and oxygen atoms in total. The topological polar surface area (TPSA) is 38.0 Å². The van der Waals surface area contributed by atoms with Crippen LogP contribution in [0.1, 0.15) is 59.3 Å². The lowest BCUT2D eigenvalue weighted by molar-refractivity contribution is 0.411. The molecule has 0 rings (SSSR count). The van der Waals surface area contributed by atoms with Crippen molar-refractivity contribution in [2.75, 3.05) is 13.1 Å². The van der Waals surface area contributed by atoms with Crippen molar-refractivity contribution in [3.8, 4) is 0 Å². The van der Waals surface area contributed by atoms with Gasteiger partial charge in [-0.25, -0.2) is 0 Å². The number of hydrogen-bond donors (Lipinski definition) is 2. The maximum Gasteiger partial charge on any atom is 0.00764 e. The van der Waals surface area contributed by atoms with Gasteiger partial charge >= 0.3 is 0 Å². The van der Waals surface area contributed by atoms with Gasteiger partial charge in [0, 0.05) is 6.04 Å². The van der Waals surface area contributed by atoms with E-state index in [2.05, 4.69) is 26.1 Å². The van der Waals surface area contributed by atoms with Gasteiger partial charge in [0.05, 0.1) is 0 Å². The largest absolute Gasteiger partial charge is 0.330 e. The minimum absolute atomic E-state index is 0.633. The van der Waals surface area contributed by atoms with Crippen molar-refractivity contribution in [1.82, 2.24) is 5.32 Å². The maximum absolute atomic E-state index is 5.56. The zero-order chi connectivity index (χ0) is 11.5. The molecule has 0 radical (unpaired) electrons. The van der Waals surface area contributed by atoms with E-state index in [4.69, 9.17) is 5.73 Å². The molecule has 0 aromatic heterocycles. The summed E-state index contributed by atoms with van der Waals surface area (Å²) in [6.07, 6.45) is 7.69. The van der Waals surface area contributed by atoms with Crippen molar-refractivity contribution >= 4 is 0 Å². The molecule has 2 heteroatoms. The van der Waals surface area contributed by atoms with Gasteiger partial charge in [0.15, 0.2) is 0 Å². The van der Waals surface area contributed by atoms with Crippen molar-refractivity contribution in [2.24, 2.45) is 11.7 Å². The average molecular weight is 214 g/mol. The quantitative estimate of drug-likeness (QED) is 0.587. The molecule has 0 spiro atoms. The molecule has 15 heavy (non-hydrogen) atoms. The fourth-order valence-corrected chi connectivity index (χ4v) is 1.88. The van der Waals surface area contributed by atoms with Crippen LogP contribution in [-0.2, 0) is 0 Å². The number of unbranched alkanes of at least 4 members (excludes halogenated alkanes) is 1. The van der Waals surface area contributed by atoms with Crippen molar-refractivity contribution in [3.63, 3.8) is 0 Å². The predicted molar refractivity (Wildman–Crippen MR) is 69.1 cm³/mol. The molecular weight excluding hydrogens is 184 g/mol. The molecule has 0 saturated carbocycles. The van der Waals surface area contributed by atoms with Crippen LogP contribution in [0.25, 0.3) is 0 Å². The molecule has 0 aliphatic rings. The molecule has 3 N–H and O–H groups in total. The van der Waals surface area contributed by atoms with Gasteiger partial charge in [0.1, 0.15) is 0 Å². The lowest BCUT2D eigenvalue weighted by Crippen LogP contribution is -2.32. The van der Waals surface area contributed by atoms with Crippen LogP contribution >= 0.6 is 0 Å². The van der Waals surface area contributed by atoms with E-state index in [9.17, 15) is 0 Å². The molecule has 0 aliphatic heterocycles. The van der Waals surface area contributed by atoms with E-state index in [1.165, 1.54) is 32.1 Å². The first-order chi connectivity index (χ1) is 7.24. The molecule has 0 saturated heterocycles. The first-order valence-electron chi connectivity index (χ1n) is 6.68. The summed E-state index contributed by atoms with van der Waals surface area (Å²) in [5.41, 5.74) is 5.56. The third kappa shape index (κ3) is 8.88. The SMILES string of the molecule is CCCCC(C)CCNC(CC)CCN. The predicted octanol–water partition coefficient (Wildman–Crippen LogP) is 2.92. The van der Waals surface area contributed by atoms with E-state index in [1.54, 1.807) is 0 Å². The van der Waals surface area contributed by atoms with Crippen LogP contribution in [0.2, 0.25) is 0 Å². The van der Waals surface area contributed by atoms with Crippen molar-refractivity contribution in [1.29, 1.82) is 0 Å². The standard InChI is InChI=1S/C13H30N2/c1-4-6-7-12(3)9-11-15-13(5-2)8-10-14/h12-13,15H,4-11,14H2,1-3H3. The summed E-state index contributed by atoms with van der Waals surface area (Å²) in [6, 6.07) is 0.633. The molecule has 0 fully saturated rings. The number of nitrogens with one attached hydrogen (secondary N) is 1. The van der Waals surface area contributed by atoms with Gasteiger partial charge in [0.25, 0.3) is 0 Å². The van der Waals surface area contributed by atoms with E-state index < -0.39 is 0 Å². The summed E-state index contributed by atoms with van der Waals surface area (Å²) in [5.74, 6) is 0.868. The Morgan fingerprint density at radius 2 is 1.87 bits per heavy atom. The Morgan fingerprint density at radius 3 is 2.40 bits per heavy atom.